The Morgan fingerprint density at radius 3 is 2.30 bits per heavy atom. The molecule has 1 saturated carbocycles. The summed E-state index contributed by atoms with van der Waals surface area (Å²) in [4.78, 5) is 14.7. The normalized spacial score (nSPS) is 13.4. The average Bonchev–Trinajstić information content (AvgIpc) is 3.55. The number of ether oxygens (including phenoxy) is 3. The third-order valence-corrected chi connectivity index (χ3v) is 4.61. The van der Waals surface area contributed by atoms with Crippen molar-refractivity contribution in [2.75, 3.05) is 21.3 Å². The SMILES string of the molecule is COc1ccc(CN(C(=O)/C=C/c2ccc(OC)c(OC)c2)C2CC2)cc1. The van der Waals surface area contributed by atoms with Crippen LogP contribution < -0.4 is 14.2 Å². The molecular weight excluding hydrogens is 342 g/mol. The van der Waals surface area contributed by atoms with Crippen LogP contribution in [-0.2, 0) is 11.3 Å². The van der Waals surface area contributed by atoms with Crippen molar-refractivity contribution in [3.05, 3.63) is 59.7 Å². The lowest BCUT2D eigenvalue weighted by Crippen LogP contribution is -2.31. The monoisotopic (exact) mass is 367 g/mol. The number of rotatable bonds is 8. The molecule has 5 heteroatoms. The highest BCUT2D eigenvalue weighted by molar-refractivity contribution is 5.92. The van der Waals surface area contributed by atoms with Crippen LogP contribution >= 0.6 is 0 Å². The second-order valence-electron chi connectivity index (χ2n) is 6.49. The van der Waals surface area contributed by atoms with Gasteiger partial charge in [-0.15, -0.1) is 0 Å². The van der Waals surface area contributed by atoms with Crippen LogP contribution in [0.4, 0.5) is 0 Å². The average molecular weight is 367 g/mol. The summed E-state index contributed by atoms with van der Waals surface area (Å²) in [5.41, 5.74) is 1.98. The molecule has 0 radical (unpaired) electrons. The molecule has 142 valence electrons. The summed E-state index contributed by atoms with van der Waals surface area (Å²) < 4.78 is 15.8. The van der Waals surface area contributed by atoms with Gasteiger partial charge >= 0.3 is 0 Å². The van der Waals surface area contributed by atoms with E-state index in [0.717, 1.165) is 29.7 Å². The van der Waals surface area contributed by atoms with Gasteiger partial charge in [-0.2, -0.15) is 0 Å². The molecule has 3 rings (SSSR count). The van der Waals surface area contributed by atoms with Crippen molar-refractivity contribution in [2.24, 2.45) is 0 Å². The third-order valence-electron chi connectivity index (χ3n) is 4.61. The lowest BCUT2D eigenvalue weighted by molar-refractivity contribution is -0.127. The molecule has 1 amide bonds. The predicted molar refractivity (Wildman–Crippen MR) is 105 cm³/mol. The fraction of sp³-hybridized carbons (Fsp3) is 0.318. The van der Waals surface area contributed by atoms with E-state index < -0.39 is 0 Å². The third kappa shape index (κ3) is 4.82. The van der Waals surface area contributed by atoms with E-state index in [1.165, 1.54) is 0 Å². The number of nitrogens with zero attached hydrogens (tertiary/aromatic N) is 1. The van der Waals surface area contributed by atoms with E-state index in [2.05, 4.69) is 0 Å². The van der Waals surface area contributed by atoms with E-state index in [1.807, 2.05) is 53.4 Å². The number of carbonyl (C=O) groups is 1. The molecule has 0 atom stereocenters. The standard InChI is InChI=1S/C22H25NO4/c1-25-19-10-4-17(5-11-19)15-23(18-8-9-18)22(24)13-7-16-6-12-20(26-2)21(14-16)27-3/h4-7,10-14,18H,8-9,15H2,1-3H3/b13-7+. The molecule has 0 saturated heterocycles. The predicted octanol–water partition coefficient (Wildman–Crippen LogP) is 3.92. The Balaban J connectivity index is 1.70. The van der Waals surface area contributed by atoms with Crippen molar-refractivity contribution in [3.63, 3.8) is 0 Å². The van der Waals surface area contributed by atoms with Crippen molar-refractivity contribution in [1.82, 2.24) is 4.90 Å². The van der Waals surface area contributed by atoms with Crippen molar-refractivity contribution in [2.45, 2.75) is 25.4 Å². The maximum absolute atomic E-state index is 12.8. The lowest BCUT2D eigenvalue weighted by Gasteiger charge is -2.21. The summed E-state index contributed by atoms with van der Waals surface area (Å²) in [5, 5.41) is 0. The fourth-order valence-corrected chi connectivity index (χ4v) is 2.92. The summed E-state index contributed by atoms with van der Waals surface area (Å²) in [6, 6.07) is 13.8. The maximum atomic E-state index is 12.8. The minimum Gasteiger partial charge on any atom is -0.497 e. The summed E-state index contributed by atoms with van der Waals surface area (Å²) in [6.07, 6.45) is 5.56. The van der Waals surface area contributed by atoms with Gasteiger partial charge in [0.2, 0.25) is 5.91 Å². The second-order valence-corrected chi connectivity index (χ2v) is 6.49. The molecular formula is C22H25NO4. The topological polar surface area (TPSA) is 48.0 Å². The van der Waals surface area contributed by atoms with Gasteiger partial charge in [0.05, 0.1) is 21.3 Å². The van der Waals surface area contributed by atoms with Gasteiger partial charge in [-0.3, -0.25) is 4.79 Å². The zero-order valence-electron chi connectivity index (χ0n) is 16.0. The van der Waals surface area contributed by atoms with E-state index in [1.54, 1.807) is 27.4 Å². The number of benzene rings is 2. The number of amides is 1. The summed E-state index contributed by atoms with van der Waals surface area (Å²) in [5.74, 6) is 2.14. The van der Waals surface area contributed by atoms with Crippen molar-refractivity contribution in [1.29, 1.82) is 0 Å². The van der Waals surface area contributed by atoms with Gasteiger partial charge in [-0.1, -0.05) is 18.2 Å². The molecule has 0 spiro atoms. The minimum absolute atomic E-state index is 0.0168. The molecule has 2 aromatic rings. The highest BCUT2D eigenvalue weighted by atomic mass is 16.5. The molecule has 1 fully saturated rings. The number of carbonyl (C=O) groups excluding carboxylic acids is 1. The van der Waals surface area contributed by atoms with Crippen LogP contribution in [-0.4, -0.2) is 38.2 Å². The number of methoxy groups -OCH3 is 3. The van der Waals surface area contributed by atoms with Crippen LogP contribution in [0.5, 0.6) is 17.2 Å². The first-order chi connectivity index (χ1) is 13.1. The molecule has 1 aliphatic carbocycles. The van der Waals surface area contributed by atoms with Gasteiger partial charge in [0.15, 0.2) is 11.5 Å². The van der Waals surface area contributed by atoms with E-state index in [-0.39, 0.29) is 5.91 Å². The first-order valence-corrected chi connectivity index (χ1v) is 8.98. The van der Waals surface area contributed by atoms with Gasteiger partial charge in [0.1, 0.15) is 5.75 Å². The first kappa shape index (κ1) is 18.8. The van der Waals surface area contributed by atoms with Gasteiger partial charge in [0.25, 0.3) is 0 Å². The zero-order chi connectivity index (χ0) is 19.2. The van der Waals surface area contributed by atoms with Gasteiger partial charge in [0, 0.05) is 18.7 Å². The summed E-state index contributed by atoms with van der Waals surface area (Å²) in [7, 11) is 4.84. The number of hydrogen-bond donors (Lipinski definition) is 0. The highest BCUT2D eigenvalue weighted by Gasteiger charge is 2.31. The maximum Gasteiger partial charge on any atom is 0.247 e. The van der Waals surface area contributed by atoms with Crippen LogP contribution in [0.3, 0.4) is 0 Å². The van der Waals surface area contributed by atoms with Gasteiger partial charge in [-0.05, 0) is 54.3 Å². The van der Waals surface area contributed by atoms with Crippen molar-refractivity contribution < 1.29 is 19.0 Å². The molecule has 2 aromatic carbocycles. The Morgan fingerprint density at radius 1 is 1.00 bits per heavy atom. The molecule has 0 bridgehead atoms. The van der Waals surface area contributed by atoms with Crippen LogP contribution in [0, 0.1) is 0 Å². The van der Waals surface area contributed by atoms with Crippen LogP contribution in [0.2, 0.25) is 0 Å². The zero-order valence-corrected chi connectivity index (χ0v) is 16.0. The lowest BCUT2D eigenvalue weighted by atomic mass is 10.1. The minimum atomic E-state index is 0.0168. The Kier molecular flexibility index (Phi) is 6.01. The Morgan fingerprint density at radius 2 is 1.70 bits per heavy atom. The molecule has 0 unspecified atom stereocenters. The van der Waals surface area contributed by atoms with E-state index in [4.69, 9.17) is 14.2 Å². The van der Waals surface area contributed by atoms with Gasteiger partial charge < -0.3 is 19.1 Å². The number of hydrogen-bond acceptors (Lipinski definition) is 4. The second kappa shape index (κ2) is 8.62. The van der Waals surface area contributed by atoms with Crippen LogP contribution in [0.15, 0.2) is 48.5 Å². The van der Waals surface area contributed by atoms with Crippen molar-refractivity contribution in [3.8, 4) is 17.2 Å². The Bertz CT molecular complexity index is 810. The van der Waals surface area contributed by atoms with Gasteiger partial charge in [-0.25, -0.2) is 0 Å². The molecule has 0 N–H and O–H groups in total. The quantitative estimate of drug-likeness (QED) is 0.664. The molecule has 5 nitrogen and oxygen atoms in total. The van der Waals surface area contributed by atoms with Crippen molar-refractivity contribution >= 4 is 12.0 Å². The molecule has 0 aliphatic heterocycles. The summed E-state index contributed by atoms with van der Waals surface area (Å²) in [6.45, 7) is 0.601. The molecule has 27 heavy (non-hydrogen) atoms. The van der Waals surface area contributed by atoms with Crippen LogP contribution in [0.1, 0.15) is 24.0 Å². The van der Waals surface area contributed by atoms with E-state index in [0.29, 0.717) is 24.1 Å². The summed E-state index contributed by atoms with van der Waals surface area (Å²) >= 11 is 0. The van der Waals surface area contributed by atoms with E-state index >= 15 is 0 Å². The fourth-order valence-electron chi connectivity index (χ4n) is 2.92. The van der Waals surface area contributed by atoms with E-state index in [9.17, 15) is 4.79 Å². The Hall–Kier alpha value is -2.95. The molecule has 1 aliphatic rings. The van der Waals surface area contributed by atoms with Crippen LogP contribution in [0.25, 0.3) is 6.08 Å². The Labute approximate surface area is 160 Å². The largest absolute Gasteiger partial charge is 0.497 e. The highest BCUT2D eigenvalue weighted by Crippen LogP contribution is 2.30. The molecule has 0 aromatic heterocycles. The first-order valence-electron chi connectivity index (χ1n) is 8.98. The molecule has 0 heterocycles. The smallest absolute Gasteiger partial charge is 0.247 e.